The van der Waals surface area contributed by atoms with E-state index in [1.165, 1.54) is 0 Å². The van der Waals surface area contributed by atoms with Crippen LogP contribution in [0.3, 0.4) is 0 Å². The van der Waals surface area contributed by atoms with Gasteiger partial charge >= 0.3 is 20.1 Å². The molecular formula is C13H26IrNO2. The van der Waals surface area contributed by atoms with Gasteiger partial charge in [-0.1, -0.05) is 20.8 Å². The van der Waals surface area contributed by atoms with Crippen LogP contribution >= 0.6 is 0 Å². The van der Waals surface area contributed by atoms with Crippen molar-refractivity contribution in [2.24, 2.45) is 10.4 Å². The van der Waals surface area contributed by atoms with Crippen molar-refractivity contribution in [3.8, 4) is 0 Å². The molecule has 1 aliphatic rings. The second-order valence-corrected chi connectivity index (χ2v) is 5.28. The molecule has 0 fully saturated rings. The van der Waals surface area contributed by atoms with Crippen LogP contribution in [0.5, 0.6) is 0 Å². The maximum absolute atomic E-state index is 5.53. The van der Waals surface area contributed by atoms with Crippen molar-refractivity contribution < 1.29 is 29.6 Å². The number of hydrogen-bond acceptors (Lipinski definition) is 3. The molecule has 4 heteroatoms. The van der Waals surface area contributed by atoms with E-state index in [1.54, 1.807) is 0 Å². The molecule has 0 radical (unpaired) electrons. The van der Waals surface area contributed by atoms with Gasteiger partial charge in [0.1, 0.15) is 12.2 Å². The van der Waals surface area contributed by atoms with E-state index >= 15 is 0 Å². The second kappa shape index (κ2) is 7.50. The maximum Gasteiger partial charge on any atom is 3.00 e. The first-order valence-electron chi connectivity index (χ1n) is 4.91. The summed E-state index contributed by atoms with van der Waals surface area (Å²) in [7, 11) is 3.43. The van der Waals surface area contributed by atoms with E-state index in [4.69, 9.17) is 9.47 Å². The van der Waals surface area contributed by atoms with E-state index in [-0.39, 0.29) is 46.4 Å². The van der Waals surface area contributed by atoms with Gasteiger partial charge in [0.05, 0.1) is 6.04 Å². The molecule has 1 atom stereocenters. The molecule has 0 aromatic carbocycles. The van der Waals surface area contributed by atoms with Crippen LogP contribution in [0.15, 0.2) is 4.99 Å². The Labute approximate surface area is 121 Å². The van der Waals surface area contributed by atoms with Crippen LogP contribution in [0.4, 0.5) is 0 Å². The quantitative estimate of drug-likeness (QED) is 0.642. The van der Waals surface area contributed by atoms with Gasteiger partial charge in [0.15, 0.2) is 0 Å². The first kappa shape index (κ1) is 22.3. The number of ether oxygens (including phenoxy) is 2. The first-order chi connectivity index (χ1) is 6.27. The predicted molar refractivity (Wildman–Crippen MR) is 70.0 cm³/mol. The summed E-state index contributed by atoms with van der Waals surface area (Å²) < 4.78 is 10.6. The topological polar surface area (TPSA) is 30.8 Å². The average molecular weight is 421 g/mol. The zero-order valence-electron chi connectivity index (χ0n) is 12.1. The van der Waals surface area contributed by atoms with E-state index in [0.717, 1.165) is 0 Å². The van der Waals surface area contributed by atoms with Crippen LogP contribution in [0.25, 0.3) is 0 Å². The Morgan fingerprint density at radius 3 is 2.00 bits per heavy atom. The Hall–Kier alpha value is 0.0794. The van der Waals surface area contributed by atoms with Gasteiger partial charge in [-0.25, -0.2) is 12.1 Å². The minimum atomic E-state index is -0.514. The third-order valence-electron chi connectivity index (χ3n) is 2.53. The molecule has 0 amide bonds. The van der Waals surface area contributed by atoms with Gasteiger partial charge < -0.3 is 24.3 Å². The normalized spacial score (nSPS) is 19.2. The van der Waals surface area contributed by atoms with Gasteiger partial charge in [-0.2, -0.15) is 0 Å². The molecule has 0 spiro atoms. The zero-order chi connectivity index (χ0) is 11.0. The molecule has 0 saturated carbocycles. The summed E-state index contributed by atoms with van der Waals surface area (Å²) in [6.45, 7) is 10.9. The molecule has 0 N–H and O–H groups in total. The number of nitrogens with zero attached hydrogens (tertiary/aromatic N) is 1. The molecule has 0 aromatic rings. The molecule has 1 aliphatic heterocycles. The Kier molecular flexibility index (Phi) is 9.83. The standard InChI is InChI=1S/C11H20NO2.2CH3.Ir/c1-10(2,3)8-7-14-9(12-8)11(4,5)13-6;;;/h8H,6-7H2,1-5H3;2*1H3;/q3*-1;+3/t8-;;;/m1.../s1. The number of rotatable bonds is 2. The fraction of sp³-hybridized carbons (Fsp3) is 0.692. The minimum Gasteiger partial charge on any atom is -0.544 e. The summed E-state index contributed by atoms with van der Waals surface area (Å²) in [5.74, 6) is 0.660. The summed E-state index contributed by atoms with van der Waals surface area (Å²) in [5.41, 5.74) is -0.376. The Balaban J connectivity index is -0.000000653. The maximum atomic E-state index is 5.53. The summed E-state index contributed by atoms with van der Waals surface area (Å²) in [4.78, 5) is 4.53. The van der Waals surface area contributed by atoms with Crippen LogP contribution in [0, 0.1) is 27.4 Å². The summed E-state index contributed by atoms with van der Waals surface area (Å²) in [6, 6.07) is 0.215. The Morgan fingerprint density at radius 1 is 1.24 bits per heavy atom. The van der Waals surface area contributed by atoms with Crippen molar-refractivity contribution in [3.63, 3.8) is 0 Å². The fourth-order valence-corrected chi connectivity index (χ4v) is 1.21. The zero-order valence-corrected chi connectivity index (χ0v) is 14.5. The smallest absolute Gasteiger partial charge is 0.544 e. The van der Waals surface area contributed by atoms with E-state index < -0.39 is 5.60 Å². The molecule has 1 rings (SSSR count). The summed E-state index contributed by atoms with van der Waals surface area (Å²) >= 11 is 0. The van der Waals surface area contributed by atoms with Crippen LogP contribution < -0.4 is 0 Å². The van der Waals surface area contributed by atoms with Gasteiger partial charge in [-0.05, 0) is 19.3 Å². The van der Waals surface area contributed by atoms with Crippen molar-refractivity contribution in [2.75, 3.05) is 6.61 Å². The monoisotopic (exact) mass is 421 g/mol. The van der Waals surface area contributed by atoms with Crippen LogP contribution in [0.1, 0.15) is 34.6 Å². The summed E-state index contributed by atoms with van der Waals surface area (Å²) in [6.07, 6.45) is 0. The van der Waals surface area contributed by atoms with E-state index in [2.05, 4.69) is 32.9 Å². The molecule has 1 heterocycles. The van der Waals surface area contributed by atoms with Gasteiger partial charge in [-0.3, -0.25) is 0 Å². The second-order valence-electron chi connectivity index (χ2n) is 5.28. The molecule has 104 valence electrons. The average Bonchev–Trinajstić information content (AvgIpc) is 2.51. The van der Waals surface area contributed by atoms with Crippen molar-refractivity contribution >= 4 is 5.90 Å². The van der Waals surface area contributed by atoms with Crippen molar-refractivity contribution in [1.82, 2.24) is 0 Å². The van der Waals surface area contributed by atoms with Gasteiger partial charge in [0.2, 0.25) is 5.90 Å². The molecule has 0 saturated heterocycles. The third-order valence-corrected chi connectivity index (χ3v) is 2.53. The molecule has 0 unspecified atom stereocenters. The van der Waals surface area contributed by atoms with E-state index in [0.29, 0.717) is 12.5 Å². The molecule has 3 nitrogen and oxygen atoms in total. The molecule has 0 aromatic heterocycles. The molecule has 0 bridgehead atoms. The molecular weight excluding hydrogens is 394 g/mol. The molecule has 17 heavy (non-hydrogen) atoms. The van der Waals surface area contributed by atoms with Crippen molar-refractivity contribution in [3.05, 3.63) is 22.0 Å². The van der Waals surface area contributed by atoms with Gasteiger partial charge in [-0.15, -0.1) is 0 Å². The SMILES string of the molecule is [CH2-]OC(C)(C)C1=N[C@@H](C(C)(C)C)CO1.[CH3-].[CH3-].[Ir+3]. The fourth-order valence-electron chi connectivity index (χ4n) is 1.21. The largest absolute Gasteiger partial charge is 3.00 e. The Bertz CT molecular complexity index is 244. The van der Waals surface area contributed by atoms with E-state index in [9.17, 15) is 0 Å². The number of aliphatic imine (C=N–C) groups is 1. The first-order valence-corrected chi connectivity index (χ1v) is 4.91. The van der Waals surface area contributed by atoms with Gasteiger partial charge in [0, 0.05) is 0 Å². The summed E-state index contributed by atoms with van der Waals surface area (Å²) in [5, 5.41) is 0. The van der Waals surface area contributed by atoms with Crippen LogP contribution in [0.2, 0.25) is 0 Å². The third kappa shape index (κ3) is 5.50. The van der Waals surface area contributed by atoms with E-state index in [1.807, 2.05) is 13.8 Å². The Morgan fingerprint density at radius 2 is 1.71 bits per heavy atom. The minimum absolute atomic E-state index is 0. The van der Waals surface area contributed by atoms with Crippen LogP contribution in [-0.2, 0) is 29.6 Å². The predicted octanol–water partition coefficient (Wildman–Crippen LogP) is 3.31. The van der Waals surface area contributed by atoms with Crippen LogP contribution in [-0.4, -0.2) is 24.1 Å². The number of hydrogen-bond donors (Lipinski definition) is 0. The van der Waals surface area contributed by atoms with Gasteiger partial charge in [0.25, 0.3) is 0 Å². The van der Waals surface area contributed by atoms with Crippen molar-refractivity contribution in [1.29, 1.82) is 0 Å². The molecule has 0 aliphatic carbocycles. The van der Waals surface area contributed by atoms with Crippen molar-refractivity contribution in [2.45, 2.75) is 46.3 Å².